The first-order valence-electron chi connectivity index (χ1n) is 9.41. The SMILES string of the molecule is O=C(Nc1ccc(-c2ccccc2)cc1)N1CCN(c2cccc(Cl)c2)CC1. The molecule has 28 heavy (non-hydrogen) atoms. The Balaban J connectivity index is 1.33. The van der Waals surface area contributed by atoms with Gasteiger partial charge in [0.2, 0.25) is 0 Å². The summed E-state index contributed by atoms with van der Waals surface area (Å²) in [6, 6.07) is 25.9. The van der Waals surface area contributed by atoms with Gasteiger partial charge in [-0.1, -0.05) is 60.1 Å². The van der Waals surface area contributed by atoms with Gasteiger partial charge < -0.3 is 15.1 Å². The number of anilines is 2. The third kappa shape index (κ3) is 4.29. The van der Waals surface area contributed by atoms with Crippen LogP contribution in [0.3, 0.4) is 0 Å². The van der Waals surface area contributed by atoms with E-state index in [-0.39, 0.29) is 6.03 Å². The monoisotopic (exact) mass is 391 g/mol. The van der Waals surface area contributed by atoms with Crippen LogP contribution < -0.4 is 10.2 Å². The Morgan fingerprint density at radius 1 is 0.786 bits per heavy atom. The number of halogens is 1. The Hall–Kier alpha value is -2.98. The summed E-state index contributed by atoms with van der Waals surface area (Å²) in [4.78, 5) is 16.7. The summed E-state index contributed by atoms with van der Waals surface area (Å²) >= 11 is 6.08. The van der Waals surface area contributed by atoms with Gasteiger partial charge >= 0.3 is 6.03 Å². The van der Waals surface area contributed by atoms with E-state index in [1.54, 1.807) is 0 Å². The van der Waals surface area contributed by atoms with Crippen molar-refractivity contribution in [1.29, 1.82) is 0 Å². The number of hydrogen-bond donors (Lipinski definition) is 1. The molecule has 0 radical (unpaired) electrons. The molecular formula is C23H22ClN3O. The van der Waals surface area contributed by atoms with Gasteiger partial charge in [0.1, 0.15) is 0 Å². The van der Waals surface area contributed by atoms with E-state index in [2.05, 4.69) is 28.4 Å². The molecule has 4 nitrogen and oxygen atoms in total. The highest BCUT2D eigenvalue weighted by Gasteiger charge is 2.21. The van der Waals surface area contributed by atoms with E-state index >= 15 is 0 Å². The number of benzene rings is 3. The minimum atomic E-state index is -0.0572. The molecule has 1 saturated heterocycles. The van der Waals surface area contributed by atoms with Crippen LogP contribution in [-0.4, -0.2) is 37.1 Å². The van der Waals surface area contributed by atoms with Crippen LogP contribution >= 0.6 is 11.6 Å². The van der Waals surface area contributed by atoms with Crippen molar-refractivity contribution in [2.75, 3.05) is 36.4 Å². The molecular weight excluding hydrogens is 370 g/mol. The quantitative estimate of drug-likeness (QED) is 0.652. The fourth-order valence-electron chi connectivity index (χ4n) is 3.42. The Bertz CT molecular complexity index is 936. The predicted molar refractivity (Wildman–Crippen MR) is 116 cm³/mol. The van der Waals surface area contributed by atoms with Crippen molar-refractivity contribution in [1.82, 2.24) is 4.90 Å². The molecule has 1 N–H and O–H groups in total. The van der Waals surface area contributed by atoms with Crippen LogP contribution in [0.4, 0.5) is 16.2 Å². The normalized spacial score (nSPS) is 14.0. The van der Waals surface area contributed by atoms with Crippen molar-refractivity contribution in [3.63, 3.8) is 0 Å². The number of nitrogens with one attached hydrogen (secondary N) is 1. The number of hydrogen-bond acceptors (Lipinski definition) is 2. The zero-order valence-corrected chi connectivity index (χ0v) is 16.3. The number of urea groups is 1. The van der Waals surface area contributed by atoms with E-state index < -0.39 is 0 Å². The zero-order valence-electron chi connectivity index (χ0n) is 15.5. The smallest absolute Gasteiger partial charge is 0.321 e. The molecule has 142 valence electrons. The zero-order chi connectivity index (χ0) is 19.3. The molecule has 1 fully saturated rings. The fourth-order valence-corrected chi connectivity index (χ4v) is 3.60. The first-order chi connectivity index (χ1) is 13.7. The summed E-state index contributed by atoms with van der Waals surface area (Å²) < 4.78 is 0. The van der Waals surface area contributed by atoms with Gasteiger partial charge in [0.05, 0.1) is 0 Å². The standard InChI is InChI=1S/C23H22ClN3O/c24-20-7-4-8-22(17-20)26-13-15-27(16-14-26)23(28)25-21-11-9-19(10-12-21)18-5-2-1-3-6-18/h1-12,17H,13-16H2,(H,25,28). The number of rotatable bonds is 3. The van der Waals surface area contributed by atoms with Crippen molar-refractivity contribution in [2.24, 2.45) is 0 Å². The first-order valence-corrected chi connectivity index (χ1v) is 9.79. The maximum Gasteiger partial charge on any atom is 0.321 e. The van der Waals surface area contributed by atoms with Crippen molar-refractivity contribution >= 4 is 29.0 Å². The largest absolute Gasteiger partial charge is 0.368 e. The van der Waals surface area contributed by atoms with Crippen LogP contribution in [0.1, 0.15) is 0 Å². The average molecular weight is 392 g/mol. The van der Waals surface area contributed by atoms with E-state index in [1.807, 2.05) is 65.6 Å². The summed E-state index contributed by atoms with van der Waals surface area (Å²) in [6.07, 6.45) is 0. The maximum atomic E-state index is 12.6. The molecule has 0 saturated carbocycles. The molecule has 0 bridgehead atoms. The molecule has 1 heterocycles. The molecule has 0 atom stereocenters. The topological polar surface area (TPSA) is 35.6 Å². The van der Waals surface area contributed by atoms with Crippen LogP contribution in [-0.2, 0) is 0 Å². The Kier molecular flexibility index (Phi) is 5.49. The van der Waals surface area contributed by atoms with E-state index in [0.29, 0.717) is 13.1 Å². The second kappa shape index (κ2) is 8.36. The summed E-state index contributed by atoms with van der Waals surface area (Å²) in [7, 11) is 0. The Morgan fingerprint density at radius 3 is 2.14 bits per heavy atom. The highest BCUT2D eigenvalue weighted by Crippen LogP contribution is 2.23. The van der Waals surface area contributed by atoms with Crippen LogP contribution in [0.25, 0.3) is 11.1 Å². The molecule has 3 aromatic rings. The van der Waals surface area contributed by atoms with Gasteiger partial charge in [0.25, 0.3) is 0 Å². The third-order valence-electron chi connectivity index (χ3n) is 4.98. The third-order valence-corrected chi connectivity index (χ3v) is 5.22. The van der Waals surface area contributed by atoms with Crippen molar-refractivity contribution in [2.45, 2.75) is 0 Å². The lowest BCUT2D eigenvalue weighted by atomic mass is 10.1. The van der Waals surface area contributed by atoms with Gasteiger partial charge in [-0.3, -0.25) is 0 Å². The van der Waals surface area contributed by atoms with Crippen LogP contribution in [0.5, 0.6) is 0 Å². The summed E-state index contributed by atoms with van der Waals surface area (Å²) in [5.41, 5.74) is 4.21. The van der Waals surface area contributed by atoms with Crippen LogP contribution in [0.2, 0.25) is 5.02 Å². The summed E-state index contributed by atoms with van der Waals surface area (Å²) in [5, 5.41) is 3.73. The molecule has 1 aliphatic rings. The van der Waals surface area contributed by atoms with Crippen LogP contribution in [0.15, 0.2) is 78.9 Å². The minimum Gasteiger partial charge on any atom is -0.368 e. The molecule has 0 unspecified atom stereocenters. The van der Waals surface area contributed by atoms with Crippen molar-refractivity contribution < 1.29 is 4.79 Å². The van der Waals surface area contributed by atoms with Crippen LogP contribution in [0, 0.1) is 0 Å². The molecule has 1 aliphatic heterocycles. The van der Waals surface area contributed by atoms with E-state index in [1.165, 1.54) is 0 Å². The molecule has 5 heteroatoms. The lowest BCUT2D eigenvalue weighted by Crippen LogP contribution is -2.50. The van der Waals surface area contributed by atoms with Gasteiger partial charge in [-0.25, -0.2) is 4.79 Å². The number of carbonyl (C=O) groups is 1. The second-order valence-corrected chi connectivity index (χ2v) is 7.26. The highest BCUT2D eigenvalue weighted by molar-refractivity contribution is 6.30. The predicted octanol–water partition coefficient (Wildman–Crippen LogP) is 5.36. The van der Waals surface area contributed by atoms with Crippen molar-refractivity contribution in [3.05, 3.63) is 83.9 Å². The molecule has 4 rings (SSSR count). The Labute approximate surface area is 170 Å². The number of carbonyl (C=O) groups excluding carboxylic acids is 1. The fraction of sp³-hybridized carbons (Fsp3) is 0.174. The van der Waals surface area contributed by atoms with Gasteiger partial charge in [-0.2, -0.15) is 0 Å². The number of amides is 2. The first kappa shape index (κ1) is 18.4. The van der Waals surface area contributed by atoms with Gasteiger partial charge in [0, 0.05) is 42.6 Å². The average Bonchev–Trinajstić information content (AvgIpc) is 2.75. The molecule has 0 spiro atoms. The maximum absolute atomic E-state index is 12.6. The molecule has 3 aromatic carbocycles. The van der Waals surface area contributed by atoms with E-state index in [9.17, 15) is 4.79 Å². The summed E-state index contributed by atoms with van der Waals surface area (Å²) in [5.74, 6) is 0. The van der Waals surface area contributed by atoms with E-state index in [4.69, 9.17) is 11.6 Å². The van der Waals surface area contributed by atoms with Gasteiger partial charge in [0.15, 0.2) is 0 Å². The van der Waals surface area contributed by atoms with Gasteiger partial charge in [-0.05, 0) is 41.5 Å². The lowest BCUT2D eigenvalue weighted by Gasteiger charge is -2.36. The van der Waals surface area contributed by atoms with E-state index in [0.717, 1.165) is 40.6 Å². The molecule has 0 aromatic heterocycles. The Morgan fingerprint density at radius 2 is 1.46 bits per heavy atom. The highest BCUT2D eigenvalue weighted by atomic mass is 35.5. The molecule has 2 amide bonds. The lowest BCUT2D eigenvalue weighted by molar-refractivity contribution is 0.208. The second-order valence-electron chi connectivity index (χ2n) is 6.83. The minimum absolute atomic E-state index is 0.0572. The molecule has 0 aliphatic carbocycles. The number of piperazine rings is 1. The summed E-state index contributed by atoms with van der Waals surface area (Å²) in [6.45, 7) is 2.95. The van der Waals surface area contributed by atoms with Gasteiger partial charge in [-0.15, -0.1) is 0 Å². The van der Waals surface area contributed by atoms with Crippen molar-refractivity contribution in [3.8, 4) is 11.1 Å². The number of nitrogens with zero attached hydrogens (tertiary/aromatic N) is 2.